The lowest BCUT2D eigenvalue weighted by molar-refractivity contribution is -0.119. The quantitative estimate of drug-likeness (QED) is 0.455. The Labute approximate surface area is 183 Å². The molecular weight excluding hydrogens is 435 g/mol. The van der Waals surface area contributed by atoms with Crippen molar-refractivity contribution in [1.82, 2.24) is 5.32 Å². The molecule has 2 aromatic rings. The number of hydrogen-bond acceptors (Lipinski definition) is 5. The second-order valence-corrected chi connectivity index (χ2v) is 8.06. The van der Waals surface area contributed by atoms with E-state index in [0.717, 1.165) is 0 Å². The largest absolute Gasteiger partial charge is 0.452 e. The van der Waals surface area contributed by atoms with E-state index in [1.807, 2.05) is 13.8 Å². The van der Waals surface area contributed by atoms with Crippen LogP contribution in [0.3, 0.4) is 0 Å². The van der Waals surface area contributed by atoms with Crippen molar-refractivity contribution in [1.29, 1.82) is 0 Å². The van der Waals surface area contributed by atoms with Crippen LogP contribution in [0, 0.1) is 0 Å². The molecule has 0 saturated heterocycles. The molecule has 0 spiro atoms. The summed E-state index contributed by atoms with van der Waals surface area (Å²) in [5.41, 5.74) is 0.530. The van der Waals surface area contributed by atoms with Crippen molar-refractivity contribution in [2.75, 3.05) is 17.7 Å². The number of carbonyl (C=O) groups excluding carboxylic acids is 3. The number of benzene rings is 2. The number of esters is 1. The summed E-state index contributed by atoms with van der Waals surface area (Å²) in [5, 5.41) is 5.86. The molecule has 2 amide bonds. The molecule has 0 heterocycles. The maximum absolute atomic E-state index is 12.4. The minimum Gasteiger partial charge on any atom is -0.452 e. The molecule has 0 bridgehead atoms. The average molecular weight is 455 g/mol. The van der Waals surface area contributed by atoms with Gasteiger partial charge in [0, 0.05) is 10.9 Å². The van der Waals surface area contributed by atoms with Gasteiger partial charge in [-0.3, -0.25) is 9.59 Å². The second kappa shape index (κ2) is 11.1. The number of amides is 2. The lowest BCUT2D eigenvalue weighted by Crippen LogP contribution is -2.31. The van der Waals surface area contributed by atoms with Crippen molar-refractivity contribution in [2.24, 2.45) is 0 Å². The standard InChI is InChI=1S/C20H20Cl2N2O4S/c1-12(2)23-18(26)11-29-16-9-4-3-6-13(16)20(27)28-10-17(25)24-19-14(21)7-5-8-15(19)22/h3-9,12H,10-11H2,1-2H3,(H,23,26)(H,24,25). The first-order valence-corrected chi connectivity index (χ1v) is 10.4. The predicted molar refractivity (Wildman–Crippen MR) is 116 cm³/mol. The Morgan fingerprint density at radius 2 is 1.66 bits per heavy atom. The fourth-order valence-corrected chi connectivity index (χ4v) is 3.61. The van der Waals surface area contributed by atoms with Gasteiger partial charge < -0.3 is 15.4 Å². The van der Waals surface area contributed by atoms with Gasteiger partial charge in [0.15, 0.2) is 6.61 Å². The van der Waals surface area contributed by atoms with Crippen LogP contribution < -0.4 is 10.6 Å². The smallest absolute Gasteiger partial charge is 0.339 e. The molecule has 6 nitrogen and oxygen atoms in total. The van der Waals surface area contributed by atoms with Gasteiger partial charge in [-0.05, 0) is 38.1 Å². The molecular formula is C20H20Cl2N2O4S. The monoisotopic (exact) mass is 454 g/mol. The van der Waals surface area contributed by atoms with Crippen LogP contribution in [0.5, 0.6) is 0 Å². The number of ether oxygens (including phenoxy) is 1. The van der Waals surface area contributed by atoms with Crippen molar-refractivity contribution in [3.8, 4) is 0 Å². The van der Waals surface area contributed by atoms with E-state index in [-0.39, 0.29) is 39.0 Å². The zero-order valence-electron chi connectivity index (χ0n) is 15.8. The van der Waals surface area contributed by atoms with Gasteiger partial charge in [0.05, 0.1) is 27.0 Å². The van der Waals surface area contributed by atoms with E-state index in [1.54, 1.807) is 42.5 Å². The number of nitrogens with one attached hydrogen (secondary N) is 2. The lowest BCUT2D eigenvalue weighted by Gasteiger charge is -2.12. The molecule has 2 rings (SSSR count). The summed E-state index contributed by atoms with van der Waals surface area (Å²) in [5.74, 6) is -1.22. The molecule has 154 valence electrons. The SMILES string of the molecule is CC(C)NC(=O)CSc1ccccc1C(=O)OCC(=O)Nc1c(Cl)cccc1Cl. The number of halogens is 2. The molecule has 0 radical (unpaired) electrons. The van der Waals surface area contributed by atoms with Crippen LogP contribution in [-0.2, 0) is 14.3 Å². The highest BCUT2D eigenvalue weighted by atomic mass is 35.5. The summed E-state index contributed by atoms with van der Waals surface area (Å²) in [6, 6.07) is 11.6. The molecule has 0 unspecified atom stereocenters. The second-order valence-electron chi connectivity index (χ2n) is 6.23. The molecule has 0 aliphatic carbocycles. The third-order valence-corrected chi connectivity index (χ3v) is 5.18. The number of thioether (sulfide) groups is 1. The molecule has 9 heteroatoms. The highest BCUT2D eigenvalue weighted by Gasteiger charge is 2.17. The first-order valence-electron chi connectivity index (χ1n) is 8.70. The number of hydrogen-bond donors (Lipinski definition) is 2. The topological polar surface area (TPSA) is 84.5 Å². The van der Waals surface area contributed by atoms with Crippen LogP contribution in [0.4, 0.5) is 5.69 Å². The Morgan fingerprint density at radius 1 is 1.00 bits per heavy atom. The number of carbonyl (C=O) groups is 3. The van der Waals surface area contributed by atoms with E-state index in [4.69, 9.17) is 27.9 Å². The molecule has 0 fully saturated rings. The molecule has 0 saturated carbocycles. The first kappa shape index (κ1) is 23.1. The molecule has 2 aromatic carbocycles. The van der Waals surface area contributed by atoms with Gasteiger partial charge in [-0.1, -0.05) is 41.4 Å². The Kier molecular flexibility index (Phi) is 8.82. The maximum Gasteiger partial charge on any atom is 0.339 e. The van der Waals surface area contributed by atoms with Gasteiger partial charge in [-0.15, -0.1) is 11.8 Å². The van der Waals surface area contributed by atoms with E-state index < -0.39 is 18.5 Å². The van der Waals surface area contributed by atoms with E-state index in [0.29, 0.717) is 4.90 Å². The Hall–Kier alpha value is -2.22. The molecule has 0 atom stereocenters. The van der Waals surface area contributed by atoms with Crippen molar-refractivity contribution in [2.45, 2.75) is 24.8 Å². The maximum atomic E-state index is 12.4. The Balaban J connectivity index is 1.95. The van der Waals surface area contributed by atoms with E-state index >= 15 is 0 Å². The Bertz CT molecular complexity index is 886. The summed E-state index contributed by atoms with van der Waals surface area (Å²) in [7, 11) is 0. The van der Waals surface area contributed by atoms with Gasteiger partial charge in [-0.25, -0.2) is 4.79 Å². The normalized spacial score (nSPS) is 10.5. The zero-order valence-corrected chi connectivity index (χ0v) is 18.2. The van der Waals surface area contributed by atoms with Crippen LogP contribution in [0.2, 0.25) is 10.0 Å². The van der Waals surface area contributed by atoms with Gasteiger partial charge in [0.25, 0.3) is 5.91 Å². The summed E-state index contributed by atoms with van der Waals surface area (Å²) in [6.45, 7) is 3.23. The number of anilines is 1. The third kappa shape index (κ3) is 7.27. The predicted octanol–water partition coefficient (Wildman–Crippen LogP) is 4.41. The van der Waals surface area contributed by atoms with Crippen molar-refractivity contribution in [3.63, 3.8) is 0 Å². The fraction of sp³-hybridized carbons (Fsp3) is 0.250. The summed E-state index contributed by atoms with van der Waals surface area (Å²) in [6.07, 6.45) is 0. The first-order chi connectivity index (χ1) is 13.8. The van der Waals surface area contributed by atoms with Gasteiger partial charge in [-0.2, -0.15) is 0 Å². The van der Waals surface area contributed by atoms with E-state index in [2.05, 4.69) is 10.6 Å². The molecule has 0 aromatic heterocycles. The lowest BCUT2D eigenvalue weighted by atomic mass is 10.2. The minimum atomic E-state index is -0.669. The van der Waals surface area contributed by atoms with Crippen molar-refractivity contribution >= 4 is 58.4 Å². The van der Waals surface area contributed by atoms with E-state index in [1.165, 1.54) is 11.8 Å². The highest BCUT2D eigenvalue weighted by molar-refractivity contribution is 8.00. The highest BCUT2D eigenvalue weighted by Crippen LogP contribution is 2.29. The van der Waals surface area contributed by atoms with E-state index in [9.17, 15) is 14.4 Å². The minimum absolute atomic E-state index is 0.0356. The van der Waals surface area contributed by atoms with Crippen LogP contribution >= 0.6 is 35.0 Å². The Morgan fingerprint density at radius 3 is 2.31 bits per heavy atom. The van der Waals surface area contributed by atoms with Gasteiger partial charge in [0.1, 0.15) is 0 Å². The molecule has 29 heavy (non-hydrogen) atoms. The van der Waals surface area contributed by atoms with Gasteiger partial charge in [0.2, 0.25) is 5.91 Å². The average Bonchev–Trinajstić information content (AvgIpc) is 2.67. The zero-order chi connectivity index (χ0) is 21.4. The molecule has 0 aliphatic rings. The molecule has 0 aliphatic heterocycles. The number of para-hydroxylation sites is 1. The fourth-order valence-electron chi connectivity index (χ4n) is 2.27. The summed E-state index contributed by atoms with van der Waals surface area (Å²) >= 11 is 13.2. The molecule has 2 N–H and O–H groups in total. The summed E-state index contributed by atoms with van der Waals surface area (Å²) < 4.78 is 5.10. The number of rotatable bonds is 8. The van der Waals surface area contributed by atoms with Crippen LogP contribution in [0.25, 0.3) is 0 Å². The van der Waals surface area contributed by atoms with Crippen LogP contribution in [-0.4, -0.2) is 36.2 Å². The van der Waals surface area contributed by atoms with Crippen LogP contribution in [0.15, 0.2) is 47.4 Å². The summed E-state index contributed by atoms with van der Waals surface area (Å²) in [4.78, 5) is 36.9. The third-order valence-electron chi connectivity index (χ3n) is 3.48. The van der Waals surface area contributed by atoms with Crippen LogP contribution in [0.1, 0.15) is 24.2 Å². The van der Waals surface area contributed by atoms with Crippen molar-refractivity contribution < 1.29 is 19.1 Å². The van der Waals surface area contributed by atoms with Gasteiger partial charge >= 0.3 is 5.97 Å². The van der Waals surface area contributed by atoms with Crippen molar-refractivity contribution in [3.05, 3.63) is 58.1 Å².